The fourth-order valence-electron chi connectivity index (χ4n) is 3.86. The van der Waals surface area contributed by atoms with Crippen LogP contribution < -0.4 is 24.8 Å². The number of hydrogen-bond acceptors (Lipinski definition) is 10. The van der Waals surface area contributed by atoms with Crippen molar-refractivity contribution in [2.75, 3.05) is 44.2 Å². The largest absolute Gasteiger partial charge is 0.491 e. The van der Waals surface area contributed by atoms with Crippen molar-refractivity contribution in [1.29, 1.82) is 0 Å². The predicted octanol–water partition coefficient (Wildman–Crippen LogP) is 5.33. The summed E-state index contributed by atoms with van der Waals surface area (Å²) < 4.78 is 21.8. The monoisotopic (exact) mass is 623 g/mol. The average molecular weight is 624 g/mol. The van der Waals surface area contributed by atoms with Crippen molar-refractivity contribution in [1.82, 2.24) is 0 Å². The topological polar surface area (TPSA) is 176 Å². The van der Waals surface area contributed by atoms with Crippen LogP contribution in [0.15, 0.2) is 54.6 Å². The molecule has 0 fully saturated rings. The molecule has 13 heteroatoms. The zero-order valence-corrected chi connectivity index (χ0v) is 25.7. The smallest absolute Gasteiger partial charge is 0.337 e. The number of carbonyl (C=O) groups excluding carboxylic acids is 3. The highest BCUT2D eigenvalue weighted by molar-refractivity contribution is 6.08. The summed E-state index contributed by atoms with van der Waals surface area (Å²) in [4.78, 5) is 49.4. The molecule has 0 aliphatic carbocycles. The number of nitrogens with one attached hydrogen (secondary N) is 2. The second-order valence-corrected chi connectivity index (χ2v) is 10.7. The standard InChI is InChI=1S/C32H37N3O10/c1-19(2)17-44-28-14-21(30(37)33-24-10-7-23(32(39)42-5)16-27(24)43-13-12-36)6-9-25(28)34-31(38)22-8-11-26(35(40)41)29(15-22)45-18-20(3)4/h6-11,14-16,19-20,36H,12-13,17-18H2,1-5H3,(H,33,37)(H,34,38). The number of nitro groups is 1. The number of ether oxygens (including phenoxy) is 4. The van der Waals surface area contributed by atoms with Crippen molar-refractivity contribution < 1.29 is 43.4 Å². The molecular weight excluding hydrogens is 586 g/mol. The first-order chi connectivity index (χ1) is 21.4. The molecule has 0 bridgehead atoms. The molecule has 0 aromatic heterocycles. The quantitative estimate of drug-likeness (QED) is 0.114. The van der Waals surface area contributed by atoms with Gasteiger partial charge in [-0.1, -0.05) is 27.7 Å². The molecule has 240 valence electrons. The highest BCUT2D eigenvalue weighted by atomic mass is 16.6. The van der Waals surface area contributed by atoms with Crippen LogP contribution in [0.4, 0.5) is 17.1 Å². The highest BCUT2D eigenvalue weighted by Crippen LogP contribution is 2.32. The average Bonchev–Trinajstić information content (AvgIpc) is 3.01. The van der Waals surface area contributed by atoms with Crippen molar-refractivity contribution in [3.63, 3.8) is 0 Å². The van der Waals surface area contributed by atoms with Crippen LogP contribution in [-0.2, 0) is 4.74 Å². The molecule has 3 N–H and O–H groups in total. The van der Waals surface area contributed by atoms with Gasteiger partial charge < -0.3 is 34.7 Å². The summed E-state index contributed by atoms with van der Waals surface area (Å²) in [5.41, 5.74) is 0.776. The third-order valence-corrected chi connectivity index (χ3v) is 6.05. The molecule has 0 atom stereocenters. The first kappa shape index (κ1) is 34.3. The number of benzene rings is 3. The molecule has 3 rings (SSSR count). The van der Waals surface area contributed by atoms with Crippen molar-refractivity contribution in [3.8, 4) is 17.2 Å². The number of aliphatic hydroxyl groups is 1. The van der Waals surface area contributed by atoms with Gasteiger partial charge in [0.05, 0.1) is 48.8 Å². The molecule has 0 aliphatic rings. The fraction of sp³-hybridized carbons (Fsp3) is 0.344. The van der Waals surface area contributed by atoms with Gasteiger partial charge in [0, 0.05) is 23.3 Å². The van der Waals surface area contributed by atoms with Crippen LogP contribution in [0.25, 0.3) is 0 Å². The SMILES string of the molecule is COC(=O)c1ccc(NC(=O)c2ccc(NC(=O)c3ccc([N+](=O)[O-])c(OCC(C)C)c3)c(OCC(C)C)c2)c(OCCO)c1. The van der Waals surface area contributed by atoms with Gasteiger partial charge in [0.15, 0.2) is 5.75 Å². The number of hydrogen-bond donors (Lipinski definition) is 3. The van der Waals surface area contributed by atoms with Gasteiger partial charge in [-0.05, 0) is 54.3 Å². The Morgan fingerprint density at radius 1 is 0.756 bits per heavy atom. The van der Waals surface area contributed by atoms with Crippen LogP contribution in [0.2, 0.25) is 0 Å². The number of aliphatic hydroxyl groups excluding tert-OH is 1. The summed E-state index contributed by atoms with van der Waals surface area (Å²) in [6.07, 6.45) is 0. The number of esters is 1. The van der Waals surface area contributed by atoms with E-state index >= 15 is 0 Å². The minimum absolute atomic E-state index is 0.0217. The van der Waals surface area contributed by atoms with E-state index in [0.29, 0.717) is 0 Å². The minimum atomic E-state index is -0.598. The Bertz CT molecular complexity index is 1540. The molecule has 0 spiro atoms. The maximum Gasteiger partial charge on any atom is 0.337 e. The van der Waals surface area contributed by atoms with E-state index in [1.54, 1.807) is 0 Å². The van der Waals surface area contributed by atoms with E-state index in [1.807, 2.05) is 27.7 Å². The van der Waals surface area contributed by atoms with E-state index in [9.17, 15) is 29.6 Å². The van der Waals surface area contributed by atoms with Crippen molar-refractivity contribution in [2.45, 2.75) is 27.7 Å². The first-order valence-electron chi connectivity index (χ1n) is 14.2. The Morgan fingerprint density at radius 2 is 1.22 bits per heavy atom. The molecule has 0 heterocycles. The Kier molecular flexibility index (Phi) is 12.2. The number of nitro benzene ring substituents is 1. The zero-order valence-electron chi connectivity index (χ0n) is 25.7. The summed E-state index contributed by atoms with van der Waals surface area (Å²) in [6, 6.07) is 12.6. The highest BCUT2D eigenvalue weighted by Gasteiger charge is 2.21. The van der Waals surface area contributed by atoms with Crippen molar-refractivity contribution >= 4 is 34.8 Å². The molecule has 45 heavy (non-hydrogen) atoms. The summed E-state index contributed by atoms with van der Waals surface area (Å²) in [7, 11) is 1.24. The third-order valence-electron chi connectivity index (χ3n) is 6.05. The molecule has 2 amide bonds. The fourth-order valence-corrected chi connectivity index (χ4v) is 3.86. The van der Waals surface area contributed by atoms with Crippen LogP contribution in [0, 0.1) is 22.0 Å². The normalized spacial score (nSPS) is 10.8. The second-order valence-electron chi connectivity index (χ2n) is 10.7. The number of anilines is 2. The molecule has 3 aromatic rings. The molecule has 13 nitrogen and oxygen atoms in total. The molecule has 0 aliphatic heterocycles. The van der Waals surface area contributed by atoms with Gasteiger partial charge in [0.2, 0.25) is 0 Å². The van der Waals surface area contributed by atoms with E-state index < -0.39 is 22.7 Å². The van der Waals surface area contributed by atoms with E-state index in [1.165, 1.54) is 61.7 Å². The minimum Gasteiger partial charge on any atom is -0.491 e. The molecule has 0 unspecified atom stereocenters. The van der Waals surface area contributed by atoms with E-state index in [2.05, 4.69) is 10.6 Å². The van der Waals surface area contributed by atoms with Crippen LogP contribution in [0.1, 0.15) is 58.8 Å². The lowest BCUT2D eigenvalue weighted by Crippen LogP contribution is -2.17. The van der Waals surface area contributed by atoms with Gasteiger partial charge in [-0.15, -0.1) is 0 Å². The van der Waals surface area contributed by atoms with Gasteiger partial charge >= 0.3 is 11.7 Å². The summed E-state index contributed by atoms with van der Waals surface area (Å²) >= 11 is 0. The number of nitrogens with zero attached hydrogens (tertiary/aromatic N) is 1. The number of carbonyl (C=O) groups is 3. The van der Waals surface area contributed by atoms with Gasteiger partial charge in [-0.2, -0.15) is 0 Å². The summed E-state index contributed by atoms with van der Waals surface area (Å²) in [5, 5.41) is 26.1. The maximum atomic E-state index is 13.3. The van der Waals surface area contributed by atoms with Gasteiger partial charge in [0.1, 0.15) is 18.1 Å². The van der Waals surface area contributed by atoms with E-state index in [4.69, 9.17) is 18.9 Å². The second kappa shape index (κ2) is 16.1. The van der Waals surface area contributed by atoms with Crippen LogP contribution >= 0.6 is 0 Å². The number of amides is 2. The first-order valence-corrected chi connectivity index (χ1v) is 14.2. The Labute approximate surface area is 260 Å². The van der Waals surface area contributed by atoms with Gasteiger partial charge in [-0.3, -0.25) is 19.7 Å². The van der Waals surface area contributed by atoms with Crippen molar-refractivity contribution in [2.24, 2.45) is 11.8 Å². The predicted molar refractivity (Wildman–Crippen MR) is 166 cm³/mol. The number of methoxy groups -OCH3 is 1. The van der Waals surface area contributed by atoms with E-state index in [0.717, 1.165) is 0 Å². The lowest BCUT2D eigenvalue weighted by molar-refractivity contribution is -0.385. The Morgan fingerprint density at radius 3 is 1.73 bits per heavy atom. The van der Waals surface area contributed by atoms with Crippen LogP contribution in [-0.4, -0.2) is 61.4 Å². The molecule has 0 saturated heterocycles. The summed E-state index contributed by atoms with van der Waals surface area (Å²) in [5.74, 6) is -1.11. The Hall–Kier alpha value is -5.17. The van der Waals surface area contributed by atoms with Gasteiger partial charge in [0.25, 0.3) is 11.8 Å². The van der Waals surface area contributed by atoms with Gasteiger partial charge in [-0.25, -0.2) is 4.79 Å². The van der Waals surface area contributed by atoms with Crippen LogP contribution in [0.5, 0.6) is 17.2 Å². The zero-order chi connectivity index (χ0) is 33.1. The lowest BCUT2D eigenvalue weighted by Gasteiger charge is -2.17. The maximum absolute atomic E-state index is 13.3. The Balaban J connectivity index is 1.89. The lowest BCUT2D eigenvalue weighted by atomic mass is 10.1. The van der Waals surface area contributed by atoms with Crippen LogP contribution in [0.3, 0.4) is 0 Å². The van der Waals surface area contributed by atoms with E-state index in [-0.39, 0.29) is 89.3 Å². The third kappa shape index (κ3) is 9.66. The summed E-state index contributed by atoms with van der Waals surface area (Å²) in [6.45, 7) is 7.83. The molecule has 3 aromatic carbocycles. The molecule has 0 saturated carbocycles. The molecule has 0 radical (unpaired) electrons. The molecular formula is C32H37N3O10. The van der Waals surface area contributed by atoms with Crippen molar-refractivity contribution in [3.05, 3.63) is 81.4 Å². The number of rotatable bonds is 15.